The Hall–Kier alpha value is -3.60. The molecular formula is C18H14BrN5O5. The number of azo groups is 1. The van der Waals surface area contributed by atoms with Gasteiger partial charge in [0.2, 0.25) is 5.88 Å². The largest absolute Gasteiger partial charge is 0.493 e. The number of hydrogen-bond donors (Lipinski definition) is 3. The van der Waals surface area contributed by atoms with E-state index in [1.807, 2.05) is 0 Å². The average Bonchev–Trinajstić information content (AvgIpc) is 3.00. The van der Waals surface area contributed by atoms with Crippen LogP contribution in [-0.2, 0) is 4.79 Å². The number of aromatic hydroxyl groups is 1. The first-order valence-corrected chi connectivity index (χ1v) is 9.12. The van der Waals surface area contributed by atoms with E-state index in [9.17, 15) is 24.8 Å². The molecule has 0 radical (unpaired) electrons. The molecule has 3 N–H and O–H groups in total. The molecule has 29 heavy (non-hydrogen) atoms. The van der Waals surface area contributed by atoms with E-state index in [0.717, 1.165) is 0 Å². The van der Waals surface area contributed by atoms with Crippen LogP contribution in [0.25, 0.3) is 10.9 Å². The smallest absolute Gasteiger partial charge is 0.270 e. The predicted octanol–water partition coefficient (Wildman–Crippen LogP) is 3.97. The van der Waals surface area contributed by atoms with Crippen molar-refractivity contribution in [2.45, 2.75) is 6.42 Å². The second kappa shape index (κ2) is 8.61. The lowest BCUT2D eigenvalue weighted by molar-refractivity contribution is -0.384. The molecule has 0 aliphatic rings. The molecule has 10 nitrogen and oxygen atoms in total. The van der Waals surface area contributed by atoms with Gasteiger partial charge in [-0.15, -0.1) is 10.2 Å². The summed E-state index contributed by atoms with van der Waals surface area (Å²) in [6.07, 6.45) is -0.108. The molecule has 1 aromatic heterocycles. The molecule has 1 heterocycles. The summed E-state index contributed by atoms with van der Waals surface area (Å²) >= 11 is 3.28. The molecule has 0 unspecified atom stereocenters. The Bertz CT molecular complexity index is 1140. The van der Waals surface area contributed by atoms with Gasteiger partial charge in [-0.3, -0.25) is 19.7 Å². The number of nitro benzene ring substituents is 1. The highest BCUT2D eigenvalue weighted by atomic mass is 79.9. The van der Waals surface area contributed by atoms with Gasteiger partial charge in [-0.25, -0.2) is 0 Å². The van der Waals surface area contributed by atoms with Gasteiger partial charge in [0.05, 0.1) is 16.0 Å². The van der Waals surface area contributed by atoms with Crippen molar-refractivity contribution in [2.24, 2.45) is 10.2 Å². The topological polar surface area (TPSA) is 150 Å². The van der Waals surface area contributed by atoms with Gasteiger partial charge >= 0.3 is 0 Å². The first-order chi connectivity index (χ1) is 13.9. The third-order valence-electron chi connectivity index (χ3n) is 3.95. The van der Waals surface area contributed by atoms with E-state index in [-0.39, 0.29) is 41.5 Å². The monoisotopic (exact) mass is 459 g/mol. The van der Waals surface area contributed by atoms with Gasteiger partial charge in [0, 0.05) is 35.0 Å². The minimum Gasteiger partial charge on any atom is -0.493 e. The molecule has 0 saturated carbocycles. The van der Waals surface area contributed by atoms with E-state index in [4.69, 9.17) is 0 Å². The van der Waals surface area contributed by atoms with Crippen molar-refractivity contribution in [3.05, 3.63) is 62.6 Å². The summed E-state index contributed by atoms with van der Waals surface area (Å²) in [5.74, 6) is -1.33. The van der Waals surface area contributed by atoms with Crippen LogP contribution in [0.1, 0.15) is 16.8 Å². The van der Waals surface area contributed by atoms with Crippen LogP contribution in [0, 0.1) is 10.1 Å². The van der Waals surface area contributed by atoms with Crippen molar-refractivity contribution in [3.63, 3.8) is 0 Å². The maximum atomic E-state index is 12.1. The molecule has 0 spiro atoms. The van der Waals surface area contributed by atoms with Crippen LogP contribution in [0.3, 0.4) is 0 Å². The van der Waals surface area contributed by atoms with Crippen molar-refractivity contribution in [1.82, 2.24) is 10.3 Å². The Morgan fingerprint density at radius 3 is 2.72 bits per heavy atom. The number of benzene rings is 2. The zero-order valence-corrected chi connectivity index (χ0v) is 16.3. The molecule has 0 saturated heterocycles. The zero-order valence-electron chi connectivity index (χ0n) is 14.8. The van der Waals surface area contributed by atoms with Crippen molar-refractivity contribution < 1.29 is 19.6 Å². The molecule has 3 rings (SSSR count). The highest BCUT2D eigenvalue weighted by Gasteiger charge is 2.15. The number of nitrogens with one attached hydrogen (secondary N) is 2. The number of aromatic amines is 1. The van der Waals surface area contributed by atoms with E-state index in [1.54, 1.807) is 24.3 Å². The Labute approximate surface area is 171 Å². The number of halogens is 1. The summed E-state index contributed by atoms with van der Waals surface area (Å²) in [5, 5.41) is 30.9. The highest BCUT2D eigenvalue weighted by molar-refractivity contribution is 9.10. The molecule has 0 aliphatic carbocycles. The standard InChI is InChI=1S/C18H14BrN5O5/c19-13-4-2-1-3-11(13)17(26)20-8-7-15(25)22-23-16-12-9-10(24(28)29)5-6-14(12)21-18(16)27/h1-6,9,21,27H,7-8H2,(H,20,26). The van der Waals surface area contributed by atoms with Gasteiger partial charge in [-0.2, -0.15) is 0 Å². The molecule has 2 aromatic carbocycles. The van der Waals surface area contributed by atoms with Crippen molar-refractivity contribution in [3.8, 4) is 5.88 Å². The van der Waals surface area contributed by atoms with Gasteiger partial charge in [0.1, 0.15) is 0 Å². The van der Waals surface area contributed by atoms with Crippen molar-refractivity contribution >= 4 is 50.0 Å². The number of rotatable bonds is 6. The summed E-state index contributed by atoms with van der Waals surface area (Å²) in [6.45, 7) is 0.0450. The Morgan fingerprint density at radius 2 is 2.00 bits per heavy atom. The number of non-ortho nitro benzene ring substituents is 1. The van der Waals surface area contributed by atoms with Crippen LogP contribution >= 0.6 is 15.9 Å². The van der Waals surface area contributed by atoms with Crippen LogP contribution < -0.4 is 5.32 Å². The fourth-order valence-corrected chi connectivity index (χ4v) is 3.01. The summed E-state index contributed by atoms with van der Waals surface area (Å²) in [4.78, 5) is 36.9. The number of carbonyl (C=O) groups is 2. The van der Waals surface area contributed by atoms with Crippen molar-refractivity contribution in [1.29, 1.82) is 0 Å². The van der Waals surface area contributed by atoms with E-state index in [1.165, 1.54) is 18.2 Å². The quantitative estimate of drug-likeness (QED) is 0.289. The summed E-state index contributed by atoms with van der Waals surface area (Å²) in [7, 11) is 0. The second-order valence-electron chi connectivity index (χ2n) is 5.89. The van der Waals surface area contributed by atoms with Gasteiger partial charge in [0.25, 0.3) is 17.5 Å². The Kier molecular flexibility index (Phi) is 5.98. The minimum atomic E-state index is -0.628. The second-order valence-corrected chi connectivity index (χ2v) is 6.74. The Morgan fingerprint density at radius 1 is 1.24 bits per heavy atom. The lowest BCUT2D eigenvalue weighted by Gasteiger charge is -2.05. The maximum absolute atomic E-state index is 12.1. The molecule has 0 atom stereocenters. The number of fused-ring (bicyclic) bond motifs is 1. The fourth-order valence-electron chi connectivity index (χ4n) is 2.55. The summed E-state index contributed by atoms with van der Waals surface area (Å²) < 4.78 is 0.632. The minimum absolute atomic E-state index is 0.0450. The average molecular weight is 460 g/mol. The van der Waals surface area contributed by atoms with Gasteiger partial charge in [-0.05, 0) is 34.1 Å². The SMILES string of the molecule is O=C(CCNC(=O)c1ccccc1Br)N=Nc1c(O)[nH]c2ccc([N+](=O)[O-])cc12. The third kappa shape index (κ3) is 4.63. The van der Waals surface area contributed by atoms with Crippen LogP contribution in [0.5, 0.6) is 5.88 Å². The van der Waals surface area contributed by atoms with Gasteiger partial charge in [0.15, 0.2) is 5.69 Å². The number of nitro groups is 1. The molecule has 3 aromatic rings. The number of hydrogen-bond acceptors (Lipinski definition) is 6. The molecule has 0 aliphatic heterocycles. The third-order valence-corrected chi connectivity index (χ3v) is 4.64. The maximum Gasteiger partial charge on any atom is 0.270 e. The normalized spacial score (nSPS) is 11.1. The van der Waals surface area contributed by atoms with E-state index < -0.39 is 10.8 Å². The Balaban J connectivity index is 1.64. The van der Waals surface area contributed by atoms with Crippen LogP contribution in [-0.4, -0.2) is 33.4 Å². The number of nitrogens with zero attached hydrogens (tertiary/aromatic N) is 3. The number of aromatic nitrogens is 1. The predicted molar refractivity (Wildman–Crippen MR) is 107 cm³/mol. The number of H-pyrrole nitrogens is 1. The zero-order chi connectivity index (χ0) is 21.0. The van der Waals surface area contributed by atoms with Crippen molar-refractivity contribution in [2.75, 3.05) is 6.54 Å². The lowest BCUT2D eigenvalue weighted by Crippen LogP contribution is -2.26. The molecular weight excluding hydrogens is 446 g/mol. The van der Waals surface area contributed by atoms with Crippen LogP contribution in [0.2, 0.25) is 0 Å². The molecule has 11 heteroatoms. The number of carbonyl (C=O) groups excluding carboxylic acids is 2. The molecule has 2 amide bonds. The van der Waals surface area contributed by atoms with E-state index in [2.05, 4.69) is 36.5 Å². The van der Waals surface area contributed by atoms with Gasteiger partial charge < -0.3 is 15.4 Å². The highest BCUT2D eigenvalue weighted by Crippen LogP contribution is 2.37. The molecule has 0 fully saturated rings. The van der Waals surface area contributed by atoms with Gasteiger partial charge in [-0.1, -0.05) is 12.1 Å². The lowest BCUT2D eigenvalue weighted by atomic mass is 10.2. The number of amides is 2. The van der Waals surface area contributed by atoms with Crippen LogP contribution in [0.4, 0.5) is 11.4 Å². The fraction of sp³-hybridized carbons (Fsp3) is 0.111. The summed E-state index contributed by atoms with van der Waals surface area (Å²) in [6, 6.07) is 10.8. The molecule has 0 bridgehead atoms. The summed E-state index contributed by atoms with van der Waals surface area (Å²) in [5.41, 5.74) is 0.588. The molecule has 148 valence electrons. The van der Waals surface area contributed by atoms with Crippen LogP contribution in [0.15, 0.2) is 57.2 Å². The van der Waals surface area contributed by atoms with E-state index >= 15 is 0 Å². The first kappa shape index (κ1) is 20.1. The van der Waals surface area contributed by atoms with E-state index in [0.29, 0.717) is 15.6 Å². The first-order valence-electron chi connectivity index (χ1n) is 8.33.